The number of carbonyl (C=O) groups excluding carboxylic acids is 1. The van der Waals surface area contributed by atoms with Crippen molar-refractivity contribution in [2.45, 2.75) is 26.9 Å². The fourth-order valence-electron chi connectivity index (χ4n) is 1.11. The minimum Gasteiger partial charge on any atom is -0.369 e. The highest BCUT2D eigenvalue weighted by molar-refractivity contribution is 14.1. The van der Waals surface area contributed by atoms with Gasteiger partial charge in [-0.2, -0.15) is 0 Å². The van der Waals surface area contributed by atoms with Crippen molar-refractivity contribution in [1.82, 2.24) is 0 Å². The van der Waals surface area contributed by atoms with Gasteiger partial charge in [-0.3, -0.25) is 4.79 Å². The third kappa shape index (κ3) is 4.49. The van der Waals surface area contributed by atoms with Crippen molar-refractivity contribution in [3.63, 3.8) is 0 Å². The van der Waals surface area contributed by atoms with Crippen molar-refractivity contribution in [3.8, 4) is 0 Å². The van der Waals surface area contributed by atoms with Crippen molar-refractivity contribution in [3.05, 3.63) is 27.3 Å². The fourth-order valence-corrected chi connectivity index (χ4v) is 1.63. The Morgan fingerprint density at radius 3 is 2.75 bits per heavy atom. The molecule has 1 rings (SSSR count). The number of aryl methyl sites for hydroxylation is 1. The molecular formula is C12H16INO2. The largest absolute Gasteiger partial charge is 0.369 e. The van der Waals surface area contributed by atoms with Crippen LogP contribution < -0.4 is 5.32 Å². The highest BCUT2D eigenvalue weighted by Crippen LogP contribution is 2.16. The average Bonchev–Trinajstić information content (AvgIpc) is 2.21. The predicted molar refractivity (Wildman–Crippen MR) is 73.6 cm³/mol. The standard InChI is InChI=1S/C12H16INO2/c1-8(2)16-7-12(15)14-10-5-4-9(3)11(13)6-10/h4-6,8H,7H2,1-3H3,(H,14,15). The average molecular weight is 333 g/mol. The molecule has 0 spiro atoms. The van der Waals surface area contributed by atoms with E-state index in [9.17, 15) is 4.79 Å². The molecule has 0 radical (unpaired) electrons. The van der Waals surface area contributed by atoms with Gasteiger partial charge in [0.05, 0.1) is 6.10 Å². The van der Waals surface area contributed by atoms with Gasteiger partial charge >= 0.3 is 0 Å². The first-order chi connectivity index (χ1) is 7.49. The zero-order chi connectivity index (χ0) is 12.1. The van der Waals surface area contributed by atoms with E-state index in [0.717, 1.165) is 9.26 Å². The minimum absolute atomic E-state index is 0.0731. The summed E-state index contributed by atoms with van der Waals surface area (Å²) in [5.41, 5.74) is 2.02. The van der Waals surface area contributed by atoms with Gasteiger partial charge in [0.2, 0.25) is 5.91 Å². The Morgan fingerprint density at radius 2 is 2.19 bits per heavy atom. The third-order valence-electron chi connectivity index (χ3n) is 2.00. The molecule has 0 unspecified atom stereocenters. The summed E-state index contributed by atoms with van der Waals surface area (Å²) in [6, 6.07) is 5.83. The molecule has 1 amide bonds. The number of hydrogen-bond donors (Lipinski definition) is 1. The van der Waals surface area contributed by atoms with Gasteiger partial charge in [-0.05, 0) is 61.1 Å². The van der Waals surface area contributed by atoms with Crippen LogP contribution >= 0.6 is 22.6 Å². The maximum atomic E-state index is 11.5. The molecule has 88 valence electrons. The highest BCUT2D eigenvalue weighted by Gasteiger charge is 2.04. The summed E-state index contributed by atoms with van der Waals surface area (Å²) < 4.78 is 6.35. The van der Waals surface area contributed by atoms with E-state index < -0.39 is 0 Å². The summed E-state index contributed by atoms with van der Waals surface area (Å²) in [6.45, 7) is 5.95. The molecule has 0 saturated heterocycles. The zero-order valence-electron chi connectivity index (χ0n) is 9.71. The molecular weight excluding hydrogens is 317 g/mol. The lowest BCUT2D eigenvalue weighted by Gasteiger charge is -2.09. The lowest BCUT2D eigenvalue weighted by Crippen LogP contribution is -2.20. The number of carbonyl (C=O) groups is 1. The number of amides is 1. The van der Waals surface area contributed by atoms with Crippen molar-refractivity contribution in [2.75, 3.05) is 11.9 Å². The number of ether oxygens (including phenoxy) is 1. The second kappa shape index (κ2) is 6.20. The number of benzene rings is 1. The molecule has 0 heterocycles. The molecule has 0 atom stereocenters. The van der Waals surface area contributed by atoms with Crippen molar-refractivity contribution < 1.29 is 9.53 Å². The molecule has 0 fully saturated rings. The zero-order valence-corrected chi connectivity index (χ0v) is 11.9. The van der Waals surface area contributed by atoms with Crippen LogP contribution in [-0.2, 0) is 9.53 Å². The fraction of sp³-hybridized carbons (Fsp3) is 0.417. The van der Waals surface area contributed by atoms with E-state index in [1.54, 1.807) is 0 Å². The Balaban J connectivity index is 2.53. The number of anilines is 1. The van der Waals surface area contributed by atoms with Crippen LogP contribution in [0.15, 0.2) is 18.2 Å². The second-order valence-corrected chi connectivity index (χ2v) is 5.03. The van der Waals surface area contributed by atoms with Crippen LogP contribution in [0.4, 0.5) is 5.69 Å². The van der Waals surface area contributed by atoms with E-state index in [1.165, 1.54) is 5.56 Å². The monoisotopic (exact) mass is 333 g/mol. The van der Waals surface area contributed by atoms with Crippen LogP contribution in [0.2, 0.25) is 0 Å². The molecule has 0 saturated carbocycles. The minimum atomic E-state index is -0.117. The van der Waals surface area contributed by atoms with Gasteiger partial charge in [-0.1, -0.05) is 6.07 Å². The molecule has 0 aliphatic carbocycles. The first-order valence-corrected chi connectivity index (χ1v) is 6.24. The van der Waals surface area contributed by atoms with E-state index in [1.807, 2.05) is 39.0 Å². The molecule has 1 N–H and O–H groups in total. The summed E-state index contributed by atoms with van der Waals surface area (Å²) in [5, 5.41) is 2.80. The van der Waals surface area contributed by atoms with E-state index in [2.05, 4.69) is 27.9 Å². The number of hydrogen-bond acceptors (Lipinski definition) is 2. The summed E-state index contributed by atoms with van der Waals surface area (Å²) in [4.78, 5) is 11.5. The second-order valence-electron chi connectivity index (χ2n) is 3.87. The molecule has 1 aromatic carbocycles. The van der Waals surface area contributed by atoms with Crippen LogP contribution in [0, 0.1) is 10.5 Å². The SMILES string of the molecule is Cc1ccc(NC(=O)COC(C)C)cc1I. The Bertz CT molecular complexity index is 377. The molecule has 0 bridgehead atoms. The number of rotatable bonds is 4. The highest BCUT2D eigenvalue weighted by atomic mass is 127. The van der Waals surface area contributed by atoms with Crippen molar-refractivity contribution in [1.29, 1.82) is 0 Å². The molecule has 16 heavy (non-hydrogen) atoms. The first-order valence-electron chi connectivity index (χ1n) is 5.16. The first kappa shape index (κ1) is 13.4. The maximum absolute atomic E-state index is 11.5. The maximum Gasteiger partial charge on any atom is 0.250 e. The summed E-state index contributed by atoms with van der Waals surface area (Å²) >= 11 is 2.25. The molecule has 1 aromatic rings. The van der Waals surface area contributed by atoms with Crippen molar-refractivity contribution >= 4 is 34.2 Å². The quantitative estimate of drug-likeness (QED) is 0.861. The Kier molecular flexibility index (Phi) is 5.21. The summed E-state index contributed by atoms with van der Waals surface area (Å²) in [5.74, 6) is -0.117. The van der Waals surface area contributed by atoms with Crippen LogP contribution in [0.25, 0.3) is 0 Å². The molecule has 3 nitrogen and oxygen atoms in total. The lowest BCUT2D eigenvalue weighted by atomic mass is 10.2. The normalized spacial score (nSPS) is 10.6. The molecule has 0 aliphatic heterocycles. The Morgan fingerprint density at radius 1 is 1.50 bits per heavy atom. The molecule has 4 heteroatoms. The molecule has 0 aliphatic rings. The van der Waals surface area contributed by atoms with Gasteiger partial charge in [-0.15, -0.1) is 0 Å². The van der Waals surface area contributed by atoms with Gasteiger partial charge < -0.3 is 10.1 Å². The van der Waals surface area contributed by atoms with E-state index in [0.29, 0.717) is 0 Å². The topological polar surface area (TPSA) is 38.3 Å². The van der Waals surface area contributed by atoms with E-state index >= 15 is 0 Å². The summed E-state index contributed by atoms with van der Waals surface area (Å²) in [7, 11) is 0. The summed E-state index contributed by atoms with van der Waals surface area (Å²) in [6.07, 6.45) is 0.0731. The van der Waals surface area contributed by atoms with Gasteiger partial charge in [0, 0.05) is 9.26 Å². The van der Waals surface area contributed by atoms with Crippen LogP contribution in [0.3, 0.4) is 0 Å². The van der Waals surface area contributed by atoms with Crippen LogP contribution in [0.5, 0.6) is 0 Å². The Labute approximate surface area is 110 Å². The molecule has 0 aromatic heterocycles. The van der Waals surface area contributed by atoms with Gasteiger partial charge in [-0.25, -0.2) is 0 Å². The number of nitrogens with one attached hydrogen (secondary N) is 1. The van der Waals surface area contributed by atoms with Gasteiger partial charge in [0.25, 0.3) is 0 Å². The lowest BCUT2D eigenvalue weighted by molar-refractivity contribution is -0.121. The van der Waals surface area contributed by atoms with Gasteiger partial charge in [0.15, 0.2) is 0 Å². The Hall–Kier alpha value is -0.620. The van der Waals surface area contributed by atoms with Gasteiger partial charge in [0.1, 0.15) is 6.61 Å². The van der Waals surface area contributed by atoms with Crippen LogP contribution in [-0.4, -0.2) is 18.6 Å². The van der Waals surface area contributed by atoms with E-state index in [4.69, 9.17) is 4.74 Å². The predicted octanol–water partition coefficient (Wildman–Crippen LogP) is 2.96. The van der Waals surface area contributed by atoms with Crippen LogP contribution in [0.1, 0.15) is 19.4 Å². The van der Waals surface area contributed by atoms with Crippen molar-refractivity contribution in [2.24, 2.45) is 0 Å². The van der Waals surface area contributed by atoms with E-state index in [-0.39, 0.29) is 18.6 Å². The number of halogens is 1. The smallest absolute Gasteiger partial charge is 0.250 e. The third-order valence-corrected chi connectivity index (χ3v) is 3.17.